The first-order valence-electron chi connectivity index (χ1n) is 6.81. The minimum atomic E-state index is 0.224. The lowest BCUT2D eigenvalue weighted by Crippen LogP contribution is -2.29. The number of hydrogen-bond donors (Lipinski definition) is 2. The molecule has 0 amide bonds. The van der Waals surface area contributed by atoms with Crippen LogP contribution in [0.15, 0.2) is 24.5 Å². The molecule has 4 heteroatoms. The summed E-state index contributed by atoms with van der Waals surface area (Å²) >= 11 is 0. The quantitative estimate of drug-likeness (QED) is 0.838. The Bertz CT molecular complexity index is 530. The molecule has 19 heavy (non-hydrogen) atoms. The van der Waals surface area contributed by atoms with E-state index in [1.807, 2.05) is 0 Å². The summed E-state index contributed by atoms with van der Waals surface area (Å²) in [5.41, 5.74) is 9.43. The van der Waals surface area contributed by atoms with Crippen molar-refractivity contribution < 1.29 is 0 Å². The van der Waals surface area contributed by atoms with E-state index in [4.69, 9.17) is 5.73 Å². The molecule has 1 heterocycles. The monoisotopic (exact) mass is 260 g/mol. The van der Waals surface area contributed by atoms with Crippen LogP contribution in [0.3, 0.4) is 0 Å². The molecule has 104 valence electrons. The average molecular weight is 260 g/mol. The Morgan fingerprint density at radius 1 is 1.37 bits per heavy atom. The molecular formula is C15H24N4. The largest absolute Gasteiger partial charge is 0.345 e. The Hall–Kier alpha value is -1.39. The minimum absolute atomic E-state index is 0.224. The second kappa shape index (κ2) is 5.72. The summed E-state index contributed by atoms with van der Waals surface area (Å²) in [4.78, 5) is 9.73. The number of H-pyrrole nitrogens is 1. The summed E-state index contributed by atoms with van der Waals surface area (Å²) in [7, 11) is 2.16. The van der Waals surface area contributed by atoms with Crippen molar-refractivity contribution in [2.24, 2.45) is 11.1 Å². The fourth-order valence-corrected chi connectivity index (χ4v) is 2.07. The van der Waals surface area contributed by atoms with Crippen LogP contribution >= 0.6 is 0 Å². The lowest BCUT2D eigenvalue weighted by atomic mass is 9.89. The molecule has 2 rings (SSSR count). The van der Waals surface area contributed by atoms with Crippen LogP contribution < -0.4 is 5.73 Å². The first-order chi connectivity index (χ1) is 9.00. The molecule has 0 aliphatic rings. The van der Waals surface area contributed by atoms with Crippen molar-refractivity contribution in [3.63, 3.8) is 0 Å². The van der Waals surface area contributed by atoms with E-state index in [2.05, 4.69) is 54.0 Å². The smallest absolute Gasteiger partial charge is 0.0931 e. The van der Waals surface area contributed by atoms with Crippen LogP contribution in [-0.2, 0) is 6.54 Å². The number of aromatic amines is 1. The van der Waals surface area contributed by atoms with Crippen molar-refractivity contribution in [3.05, 3.63) is 30.1 Å². The Labute approximate surface area is 115 Å². The lowest BCUT2D eigenvalue weighted by molar-refractivity contribution is 0.249. The van der Waals surface area contributed by atoms with Crippen molar-refractivity contribution in [2.75, 3.05) is 20.1 Å². The number of imidazole rings is 1. The Kier molecular flexibility index (Phi) is 4.22. The van der Waals surface area contributed by atoms with Gasteiger partial charge in [-0.25, -0.2) is 4.98 Å². The van der Waals surface area contributed by atoms with Crippen molar-refractivity contribution in [1.29, 1.82) is 0 Å². The van der Waals surface area contributed by atoms with Crippen molar-refractivity contribution in [1.82, 2.24) is 14.9 Å². The predicted molar refractivity (Wildman–Crippen MR) is 79.9 cm³/mol. The van der Waals surface area contributed by atoms with Gasteiger partial charge in [0.15, 0.2) is 0 Å². The van der Waals surface area contributed by atoms with Gasteiger partial charge in [-0.1, -0.05) is 19.9 Å². The number of nitrogens with zero attached hydrogens (tertiary/aromatic N) is 2. The molecule has 0 spiro atoms. The fraction of sp³-hybridized carbons (Fsp3) is 0.533. The summed E-state index contributed by atoms with van der Waals surface area (Å²) in [5, 5.41) is 0. The average Bonchev–Trinajstić information content (AvgIpc) is 2.84. The molecule has 2 aromatic rings. The van der Waals surface area contributed by atoms with E-state index in [9.17, 15) is 0 Å². The third kappa shape index (κ3) is 3.78. The van der Waals surface area contributed by atoms with Gasteiger partial charge in [0, 0.05) is 6.54 Å². The van der Waals surface area contributed by atoms with E-state index in [0.717, 1.165) is 37.1 Å². The van der Waals surface area contributed by atoms with E-state index in [1.165, 1.54) is 5.56 Å². The molecule has 0 aliphatic carbocycles. The van der Waals surface area contributed by atoms with Crippen LogP contribution in [0.1, 0.15) is 25.8 Å². The van der Waals surface area contributed by atoms with Gasteiger partial charge in [-0.15, -0.1) is 0 Å². The summed E-state index contributed by atoms with van der Waals surface area (Å²) in [5.74, 6) is 0. The first kappa shape index (κ1) is 14.0. The van der Waals surface area contributed by atoms with Crippen LogP contribution in [-0.4, -0.2) is 35.0 Å². The molecule has 0 unspecified atom stereocenters. The van der Waals surface area contributed by atoms with E-state index < -0.39 is 0 Å². The number of hydrogen-bond acceptors (Lipinski definition) is 3. The number of rotatable bonds is 6. The molecule has 1 aromatic carbocycles. The van der Waals surface area contributed by atoms with Crippen LogP contribution in [0, 0.1) is 5.41 Å². The van der Waals surface area contributed by atoms with Gasteiger partial charge in [-0.3, -0.25) is 0 Å². The molecule has 4 nitrogen and oxygen atoms in total. The summed E-state index contributed by atoms with van der Waals surface area (Å²) in [6, 6.07) is 6.39. The second-order valence-electron chi connectivity index (χ2n) is 6.11. The number of aromatic nitrogens is 2. The van der Waals surface area contributed by atoms with Gasteiger partial charge >= 0.3 is 0 Å². The normalized spacial score (nSPS) is 12.5. The predicted octanol–water partition coefficient (Wildman–Crippen LogP) is 2.37. The SMILES string of the molecule is CN(CCC(C)(C)CN)Cc1ccc2nc[nH]c2c1. The van der Waals surface area contributed by atoms with Crippen LogP contribution in [0.25, 0.3) is 11.0 Å². The van der Waals surface area contributed by atoms with Gasteiger partial charge in [0.1, 0.15) is 0 Å². The molecule has 0 fully saturated rings. The van der Waals surface area contributed by atoms with Crippen molar-refractivity contribution >= 4 is 11.0 Å². The summed E-state index contributed by atoms with van der Waals surface area (Å²) in [6.07, 6.45) is 2.86. The molecule has 0 radical (unpaired) electrons. The van der Waals surface area contributed by atoms with Gasteiger partial charge in [0.25, 0.3) is 0 Å². The van der Waals surface area contributed by atoms with Gasteiger partial charge in [0.2, 0.25) is 0 Å². The maximum Gasteiger partial charge on any atom is 0.0931 e. The van der Waals surface area contributed by atoms with E-state index >= 15 is 0 Å². The van der Waals surface area contributed by atoms with Crippen molar-refractivity contribution in [3.8, 4) is 0 Å². The minimum Gasteiger partial charge on any atom is -0.345 e. The zero-order chi connectivity index (χ0) is 13.9. The lowest BCUT2D eigenvalue weighted by Gasteiger charge is -2.26. The van der Waals surface area contributed by atoms with Crippen LogP contribution in [0.5, 0.6) is 0 Å². The van der Waals surface area contributed by atoms with Crippen LogP contribution in [0.4, 0.5) is 0 Å². The highest BCUT2D eigenvalue weighted by Crippen LogP contribution is 2.19. The highest BCUT2D eigenvalue weighted by Gasteiger charge is 2.16. The summed E-state index contributed by atoms with van der Waals surface area (Å²) < 4.78 is 0. The van der Waals surface area contributed by atoms with E-state index in [1.54, 1.807) is 6.33 Å². The van der Waals surface area contributed by atoms with Crippen LogP contribution in [0.2, 0.25) is 0 Å². The molecular weight excluding hydrogens is 236 g/mol. The van der Waals surface area contributed by atoms with Crippen molar-refractivity contribution in [2.45, 2.75) is 26.8 Å². The van der Waals surface area contributed by atoms with Gasteiger partial charge in [-0.05, 0) is 49.7 Å². The fourth-order valence-electron chi connectivity index (χ4n) is 2.07. The number of benzene rings is 1. The second-order valence-corrected chi connectivity index (χ2v) is 6.11. The van der Waals surface area contributed by atoms with E-state index in [0.29, 0.717) is 0 Å². The molecule has 3 N–H and O–H groups in total. The molecule has 0 aliphatic heterocycles. The standard InChI is InChI=1S/C15H24N4/c1-15(2,10-16)6-7-19(3)9-12-4-5-13-14(8-12)18-11-17-13/h4-5,8,11H,6-7,9-10,16H2,1-3H3,(H,17,18). The van der Waals surface area contributed by atoms with E-state index in [-0.39, 0.29) is 5.41 Å². The number of nitrogens with one attached hydrogen (secondary N) is 1. The Balaban J connectivity index is 1.92. The maximum atomic E-state index is 5.77. The highest BCUT2D eigenvalue weighted by atomic mass is 15.1. The maximum absolute atomic E-state index is 5.77. The zero-order valence-corrected chi connectivity index (χ0v) is 12.1. The topological polar surface area (TPSA) is 57.9 Å². The molecule has 0 saturated carbocycles. The zero-order valence-electron chi connectivity index (χ0n) is 12.1. The molecule has 0 saturated heterocycles. The Morgan fingerprint density at radius 3 is 2.89 bits per heavy atom. The number of fused-ring (bicyclic) bond motifs is 1. The number of nitrogens with two attached hydrogens (primary N) is 1. The summed E-state index contributed by atoms with van der Waals surface area (Å²) in [6.45, 7) is 7.19. The van der Waals surface area contributed by atoms with Gasteiger partial charge in [0.05, 0.1) is 17.4 Å². The molecule has 1 aromatic heterocycles. The molecule has 0 bridgehead atoms. The molecule has 0 atom stereocenters. The highest BCUT2D eigenvalue weighted by molar-refractivity contribution is 5.74. The third-order valence-corrected chi connectivity index (χ3v) is 3.66. The third-order valence-electron chi connectivity index (χ3n) is 3.66. The van der Waals surface area contributed by atoms with Gasteiger partial charge in [-0.2, -0.15) is 0 Å². The Morgan fingerprint density at radius 2 is 2.16 bits per heavy atom. The first-order valence-corrected chi connectivity index (χ1v) is 6.81. The van der Waals surface area contributed by atoms with Gasteiger partial charge < -0.3 is 15.6 Å².